The fraction of sp³-hybridized carbons (Fsp3) is 0.526. The molecule has 0 radical (unpaired) electrons. The molecule has 146 valence electrons. The van der Waals surface area contributed by atoms with Gasteiger partial charge in [-0.2, -0.15) is 5.10 Å². The molecule has 2 N–H and O–H groups in total. The van der Waals surface area contributed by atoms with Gasteiger partial charge in [0.05, 0.1) is 6.54 Å². The third kappa shape index (κ3) is 5.35. The third-order valence-electron chi connectivity index (χ3n) is 4.51. The molecule has 0 fully saturated rings. The SMILES string of the molecule is Cc1cccc(OCCNC(=O)NCCCn2nc3n(c2=O)CCCC3)c1. The first-order chi connectivity index (χ1) is 13.1. The topological polar surface area (TPSA) is 90.2 Å². The Balaban J connectivity index is 1.30. The minimum Gasteiger partial charge on any atom is -0.492 e. The molecule has 27 heavy (non-hydrogen) atoms. The molecule has 2 amide bonds. The van der Waals surface area contributed by atoms with Gasteiger partial charge in [0.1, 0.15) is 18.2 Å². The number of aromatic nitrogens is 3. The van der Waals surface area contributed by atoms with E-state index in [1.165, 1.54) is 4.68 Å². The number of amides is 2. The summed E-state index contributed by atoms with van der Waals surface area (Å²) in [5.74, 6) is 1.68. The molecule has 2 heterocycles. The lowest BCUT2D eigenvalue weighted by Gasteiger charge is -2.09. The molecule has 2 aromatic rings. The standard InChI is InChI=1S/C19H27N5O3/c1-15-6-4-7-16(14-15)27-13-10-21-18(25)20-9-5-12-24-19(26)23-11-3-2-8-17(23)22-24/h4,6-7,14H,2-3,5,8-13H2,1H3,(H2,20,21,25). The highest BCUT2D eigenvalue weighted by atomic mass is 16.5. The van der Waals surface area contributed by atoms with E-state index < -0.39 is 0 Å². The second-order valence-electron chi connectivity index (χ2n) is 6.73. The van der Waals surface area contributed by atoms with Gasteiger partial charge in [0.15, 0.2) is 0 Å². The zero-order valence-corrected chi connectivity index (χ0v) is 15.7. The molecule has 0 aliphatic carbocycles. The highest BCUT2D eigenvalue weighted by molar-refractivity contribution is 5.73. The van der Waals surface area contributed by atoms with Gasteiger partial charge in [0, 0.05) is 26.1 Å². The van der Waals surface area contributed by atoms with Crippen molar-refractivity contribution in [3.63, 3.8) is 0 Å². The minimum absolute atomic E-state index is 0.0394. The summed E-state index contributed by atoms with van der Waals surface area (Å²) in [5, 5.41) is 9.93. The fourth-order valence-electron chi connectivity index (χ4n) is 3.13. The van der Waals surface area contributed by atoms with Gasteiger partial charge in [-0.3, -0.25) is 4.57 Å². The van der Waals surface area contributed by atoms with Crippen LogP contribution in [0.2, 0.25) is 0 Å². The predicted molar refractivity (Wildman–Crippen MR) is 102 cm³/mol. The fourth-order valence-corrected chi connectivity index (χ4v) is 3.13. The largest absolute Gasteiger partial charge is 0.492 e. The van der Waals surface area contributed by atoms with Crippen molar-refractivity contribution in [1.29, 1.82) is 0 Å². The summed E-state index contributed by atoms with van der Waals surface area (Å²) in [7, 11) is 0. The summed E-state index contributed by atoms with van der Waals surface area (Å²) in [5.41, 5.74) is 1.10. The lowest BCUT2D eigenvalue weighted by atomic mass is 10.2. The average molecular weight is 373 g/mol. The van der Waals surface area contributed by atoms with E-state index in [9.17, 15) is 9.59 Å². The van der Waals surface area contributed by atoms with Gasteiger partial charge >= 0.3 is 11.7 Å². The number of carbonyl (C=O) groups is 1. The molecule has 1 aliphatic heterocycles. The van der Waals surface area contributed by atoms with Crippen molar-refractivity contribution in [3.05, 3.63) is 46.1 Å². The van der Waals surface area contributed by atoms with Crippen LogP contribution in [0.4, 0.5) is 4.79 Å². The number of fused-ring (bicyclic) bond motifs is 1. The zero-order chi connectivity index (χ0) is 19.1. The Morgan fingerprint density at radius 3 is 2.93 bits per heavy atom. The maximum Gasteiger partial charge on any atom is 0.345 e. The third-order valence-corrected chi connectivity index (χ3v) is 4.51. The lowest BCUT2D eigenvalue weighted by molar-refractivity contribution is 0.236. The number of hydrogen-bond donors (Lipinski definition) is 2. The number of aryl methyl sites for hydroxylation is 3. The van der Waals surface area contributed by atoms with E-state index in [0.717, 1.165) is 42.9 Å². The summed E-state index contributed by atoms with van der Waals surface area (Å²) in [6.07, 6.45) is 3.65. The van der Waals surface area contributed by atoms with Crippen LogP contribution in [0, 0.1) is 6.92 Å². The van der Waals surface area contributed by atoms with Crippen LogP contribution < -0.4 is 21.1 Å². The molecule has 0 atom stereocenters. The molecule has 0 bridgehead atoms. The van der Waals surface area contributed by atoms with Gasteiger partial charge in [-0.15, -0.1) is 0 Å². The molecule has 8 nitrogen and oxygen atoms in total. The summed E-state index contributed by atoms with van der Waals surface area (Å²) < 4.78 is 8.85. The first-order valence-electron chi connectivity index (χ1n) is 9.51. The van der Waals surface area contributed by atoms with Crippen LogP contribution >= 0.6 is 0 Å². The maximum absolute atomic E-state index is 12.2. The Bertz CT molecular complexity index is 827. The van der Waals surface area contributed by atoms with Crippen molar-refractivity contribution in [2.24, 2.45) is 0 Å². The second kappa shape index (κ2) is 9.25. The number of hydrogen-bond acceptors (Lipinski definition) is 4. The van der Waals surface area contributed by atoms with Crippen LogP contribution in [0.1, 0.15) is 30.7 Å². The molecule has 0 spiro atoms. The van der Waals surface area contributed by atoms with Crippen LogP contribution in [0.15, 0.2) is 29.1 Å². The molecular weight excluding hydrogens is 346 g/mol. The summed E-state index contributed by atoms with van der Waals surface area (Å²) in [6, 6.07) is 7.55. The van der Waals surface area contributed by atoms with E-state index in [1.54, 1.807) is 4.57 Å². The summed E-state index contributed by atoms with van der Waals surface area (Å²) >= 11 is 0. The number of rotatable bonds is 8. The molecule has 0 unspecified atom stereocenters. The monoisotopic (exact) mass is 373 g/mol. The van der Waals surface area contributed by atoms with Crippen molar-refractivity contribution in [2.45, 2.75) is 45.7 Å². The molecule has 1 aromatic carbocycles. The van der Waals surface area contributed by atoms with Gasteiger partial charge in [-0.1, -0.05) is 12.1 Å². The van der Waals surface area contributed by atoms with E-state index in [4.69, 9.17) is 4.74 Å². The van der Waals surface area contributed by atoms with E-state index in [-0.39, 0.29) is 11.7 Å². The Labute approximate surface area is 158 Å². The summed E-state index contributed by atoms with van der Waals surface area (Å²) in [6.45, 7) is 4.60. The van der Waals surface area contributed by atoms with E-state index in [2.05, 4.69) is 15.7 Å². The lowest BCUT2D eigenvalue weighted by Crippen LogP contribution is -2.38. The van der Waals surface area contributed by atoms with Crippen molar-refractivity contribution in [3.8, 4) is 5.75 Å². The normalized spacial score (nSPS) is 13.1. The van der Waals surface area contributed by atoms with E-state index >= 15 is 0 Å². The van der Waals surface area contributed by atoms with Crippen LogP contribution in [0.25, 0.3) is 0 Å². The van der Waals surface area contributed by atoms with E-state index in [0.29, 0.717) is 32.7 Å². The average Bonchev–Trinajstić information content (AvgIpc) is 2.99. The Morgan fingerprint density at radius 2 is 2.11 bits per heavy atom. The number of ether oxygens (including phenoxy) is 1. The minimum atomic E-state index is -0.237. The van der Waals surface area contributed by atoms with E-state index in [1.807, 2.05) is 31.2 Å². The first-order valence-corrected chi connectivity index (χ1v) is 9.51. The summed E-state index contributed by atoms with van der Waals surface area (Å²) in [4.78, 5) is 24.0. The maximum atomic E-state index is 12.2. The number of benzene rings is 1. The number of carbonyl (C=O) groups excluding carboxylic acids is 1. The number of nitrogens with one attached hydrogen (secondary N) is 2. The quantitative estimate of drug-likeness (QED) is 0.686. The number of urea groups is 1. The van der Waals surface area contributed by atoms with Gasteiger partial charge in [0.25, 0.3) is 0 Å². The number of nitrogens with zero attached hydrogens (tertiary/aromatic N) is 3. The smallest absolute Gasteiger partial charge is 0.345 e. The molecule has 0 saturated heterocycles. The van der Waals surface area contributed by atoms with Gasteiger partial charge in [0.2, 0.25) is 0 Å². The van der Waals surface area contributed by atoms with Gasteiger partial charge in [-0.25, -0.2) is 14.3 Å². The van der Waals surface area contributed by atoms with Crippen molar-refractivity contribution < 1.29 is 9.53 Å². The van der Waals surface area contributed by atoms with Gasteiger partial charge < -0.3 is 15.4 Å². The van der Waals surface area contributed by atoms with Crippen LogP contribution in [0.3, 0.4) is 0 Å². The second-order valence-corrected chi connectivity index (χ2v) is 6.73. The van der Waals surface area contributed by atoms with Crippen LogP contribution in [-0.2, 0) is 19.5 Å². The Morgan fingerprint density at radius 1 is 1.26 bits per heavy atom. The van der Waals surface area contributed by atoms with Crippen molar-refractivity contribution in [2.75, 3.05) is 19.7 Å². The van der Waals surface area contributed by atoms with Crippen molar-refractivity contribution in [1.82, 2.24) is 25.0 Å². The Hall–Kier alpha value is -2.77. The molecule has 0 saturated carbocycles. The highest BCUT2D eigenvalue weighted by Crippen LogP contribution is 2.11. The molecule has 1 aliphatic rings. The van der Waals surface area contributed by atoms with Gasteiger partial charge in [-0.05, 0) is 43.9 Å². The molecule has 3 rings (SSSR count). The zero-order valence-electron chi connectivity index (χ0n) is 15.7. The highest BCUT2D eigenvalue weighted by Gasteiger charge is 2.16. The van der Waals surface area contributed by atoms with Crippen LogP contribution in [0.5, 0.6) is 5.75 Å². The van der Waals surface area contributed by atoms with Crippen LogP contribution in [-0.4, -0.2) is 40.1 Å². The first kappa shape index (κ1) is 19.0. The molecule has 8 heteroatoms. The van der Waals surface area contributed by atoms with Crippen molar-refractivity contribution >= 4 is 6.03 Å². The Kier molecular flexibility index (Phi) is 6.51. The predicted octanol–water partition coefficient (Wildman–Crippen LogP) is 1.46. The molecule has 1 aromatic heterocycles. The molecular formula is C19H27N5O3.